The van der Waals surface area contributed by atoms with Gasteiger partial charge >= 0.3 is 12.2 Å². The van der Waals surface area contributed by atoms with Crippen LogP contribution in [0.1, 0.15) is 40.6 Å². The number of rotatable bonds is 6. The van der Waals surface area contributed by atoms with Gasteiger partial charge in [-0.15, -0.1) is 0 Å². The van der Waals surface area contributed by atoms with Crippen LogP contribution in [0.25, 0.3) is 0 Å². The van der Waals surface area contributed by atoms with Crippen molar-refractivity contribution in [3.8, 4) is 0 Å². The molecular weight excluding hydrogens is 622 g/mol. The van der Waals surface area contributed by atoms with E-state index in [0.29, 0.717) is 31.7 Å². The third-order valence-corrected chi connectivity index (χ3v) is 8.04. The molecular formula is C32H29F4N7O4. The molecule has 47 heavy (non-hydrogen) atoms. The molecule has 6 rings (SSSR count). The summed E-state index contributed by atoms with van der Waals surface area (Å²) in [6.07, 6.45) is -2.32. The molecule has 15 heteroatoms. The van der Waals surface area contributed by atoms with Crippen LogP contribution in [0.2, 0.25) is 0 Å². The number of piperazine rings is 1. The quantitative estimate of drug-likeness (QED) is 0.253. The van der Waals surface area contributed by atoms with Gasteiger partial charge in [0.1, 0.15) is 11.6 Å². The summed E-state index contributed by atoms with van der Waals surface area (Å²) in [5.41, 5.74) is -0.231. The number of urea groups is 1. The summed E-state index contributed by atoms with van der Waals surface area (Å²) in [7, 11) is 0. The minimum Gasteiger partial charge on any atom is -0.417 e. The van der Waals surface area contributed by atoms with E-state index in [-0.39, 0.29) is 42.9 Å². The third kappa shape index (κ3) is 7.03. The number of oxazole rings is 1. The van der Waals surface area contributed by atoms with Crippen LogP contribution in [-0.4, -0.2) is 65.4 Å². The summed E-state index contributed by atoms with van der Waals surface area (Å²) >= 11 is 0. The molecule has 4 aromatic rings. The van der Waals surface area contributed by atoms with Crippen molar-refractivity contribution in [2.45, 2.75) is 24.9 Å². The summed E-state index contributed by atoms with van der Waals surface area (Å²) in [6.45, 7) is 0.834. The van der Waals surface area contributed by atoms with Crippen molar-refractivity contribution in [3.63, 3.8) is 0 Å². The van der Waals surface area contributed by atoms with Crippen molar-refractivity contribution in [1.29, 1.82) is 0 Å². The summed E-state index contributed by atoms with van der Waals surface area (Å²) in [5.74, 6) is -2.70. The van der Waals surface area contributed by atoms with Gasteiger partial charge in [-0.2, -0.15) is 18.2 Å². The molecule has 11 nitrogen and oxygen atoms in total. The van der Waals surface area contributed by atoms with E-state index < -0.39 is 41.3 Å². The lowest BCUT2D eigenvalue weighted by molar-refractivity contribution is -0.141. The molecule has 4 heterocycles. The van der Waals surface area contributed by atoms with E-state index in [2.05, 4.69) is 20.6 Å². The Bertz CT molecular complexity index is 1760. The lowest BCUT2D eigenvalue weighted by atomic mass is 9.90. The van der Waals surface area contributed by atoms with Gasteiger partial charge in [0.2, 0.25) is 11.7 Å². The molecule has 4 amide bonds. The van der Waals surface area contributed by atoms with E-state index in [4.69, 9.17) is 4.42 Å². The second-order valence-corrected chi connectivity index (χ2v) is 11.1. The van der Waals surface area contributed by atoms with E-state index in [1.165, 1.54) is 36.5 Å². The Morgan fingerprint density at radius 1 is 0.872 bits per heavy atom. The number of pyridine rings is 1. The van der Waals surface area contributed by atoms with Gasteiger partial charge in [0, 0.05) is 26.2 Å². The van der Waals surface area contributed by atoms with Crippen LogP contribution in [0.15, 0.2) is 77.3 Å². The number of nitrogens with zero attached hydrogens (tertiary/aromatic N) is 5. The summed E-state index contributed by atoms with van der Waals surface area (Å²) in [5, 5.41) is 4.75. The number of aromatic nitrogens is 2. The Morgan fingerprint density at radius 3 is 2.26 bits per heavy atom. The Hall–Kier alpha value is -5.47. The highest BCUT2D eigenvalue weighted by molar-refractivity contribution is 6.04. The molecule has 0 unspecified atom stereocenters. The van der Waals surface area contributed by atoms with Gasteiger partial charge in [-0.3, -0.25) is 14.5 Å². The second kappa shape index (κ2) is 13.1. The zero-order valence-corrected chi connectivity index (χ0v) is 24.8. The minimum absolute atomic E-state index is 0.00272. The fourth-order valence-electron chi connectivity index (χ4n) is 5.58. The predicted octanol–water partition coefficient (Wildman–Crippen LogP) is 5.74. The van der Waals surface area contributed by atoms with Gasteiger partial charge in [0.05, 0.1) is 24.1 Å². The van der Waals surface area contributed by atoms with Crippen molar-refractivity contribution in [2.75, 3.05) is 53.2 Å². The van der Waals surface area contributed by atoms with E-state index in [0.717, 1.165) is 10.5 Å². The standard InChI is InChI=1S/C32H29F4N7O4/c33-23-8-4-5-9-24(23)39-30(46)43-17-16-42(19-26(43)44)25-11-10-22(18-37-25)38-29(45)27-28(32(34,35)36)40-31(47-27)41-14-12-21(13-15-41)20-6-2-1-3-7-20/h1-11,18,21H,12-17,19H2,(H,38,45)(H,39,46). The first kappa shape index (κ1) is 31.5. The van der Waals surface area contributed by atoms with E-state index in [1.54, 1.807) is 15.9 Å². The first-order chi connectivity index (χ1) is 22.6. The average molecular weight is 652 g/mol. The van der Waals surface area contributed by atoms with Gasteiger partial charge in [-0.1, -0.05) is 42.5 Å². The zero-order chi connectivity index (χ0) is 33.1. The Balaban J connectivity index is 1.07. The average Bonchev–Trinajstić information content (AvgIpc) is 3.54. The largest absolute Gasteiger partial charge is 0.437 e. The van der Waals surface area contributed by atoms with E-state index >= 15 is 0 Å². The maximum Gasteiger partial charge on any atom is 0.437 e. The zero-order valence-electron chi connectivity index (χ0n) is 24.8. The maximum absolute atomic E-state index is 13.9. The number of amides is 4. The highest BCUT2D eigenvalue weighted by Crippen LogP contribution is 2.36. The smallest absolute Gasteiger partial charge is 0.417 e. The number of anilines is 4. The number of para-hydroxylation sites is 1. The molecule has 2 fully saturated rings. The molecule has 0 atom stereocenters. The lowest BCUT2D eigenvalue weighted by Gasteiger charge is -2.33. The summed E-state index contributed by atoms with van der Waals surface area (Å²) in [6, 6.07) is 17.3. The normalized spacial score (nSPS) is 15.9. The molecule has 244 valence electrons. The van der Waals surface area contributed by atoms with Gasteiger partial charge in [-0.25, -0.2) is 14.2 Å². The molecule has 0 spiro atoms. The number of imide groups is 1. The molecule has 2 aliphatic rings. The molecule has 2 N–H and O–H groups in total. The number of nitrogens with one attached hydrogen (secondary N) is 2. The summed E-state index contributed by atoms with van der Waals surface area (Å²) < 4.78 is 61.0. The number of benzene rings is 2. The van der Waals surface area contributed by atoms with Crippen LogP contribution in [0, 0.1) is 5.82 Å². The lowest BCUT2D eigenvalue weighted by Crippen LogP contribution is -2.54. The SMILES string of the molecule is O=C(Nc1ccc(N2CCN(C(=O)Nc3ccccc3F)C(=O)C2)nc1)c1oc(N2CCC(c3ccccc3)CC2)nc1C(F)(F)F. The van der Waals surface area contributed by atoms with Gasteiger partial charge in [-0.05, 0) is 48.6 Å². The molecule has 2 saturated heterocycles. The molecule has 0 radical (unpaired) electrons. The number of hydrogen-bond donors (Lipinski definition) is 2. The number of carbonyl (C=O) groups excluding carboxylic acids is 3. The van der Waals surface area contributed by atoms with Crippen LogP contribution in [0.4, 0.5) is 45.6 Å². The Morgan fingerprint density at radius 2 is 1.60 bits per heavy atom. The number of alkyl halides is 3. The number of halogens is 4. The van der Waals surface area contributed by atoms with Gasteiger partial charge in [0.15, 0.2) is 5.69 Å². The van der Waals surface area contributed by atoms with Gasteiger partial charge in [0.25, 0.3) is 11.9 Å². The predicted molar refractivity (Wildman–Crippen MR) is 164 cm³/mol. The molecule has 0 saturated carbocycles. The van der Waals surface area contributed by atoms with Crippen LogP contribution in [-0.2, 0) is 11.0 Å². The number of piperidine rings is 1. The van der Waals surface area contributed by atoms with E-state index in [1.807, 2.05) is 30.3 Å². The minimum atomic E-state index is -4.93. The van der Waals surface area contributed by atoms with Crippen molar-refractivity contribution in [1.82, 2.24) is 14.9 Å². The molecule has 2 aliphatic heterocycles. The van der Waals surface area contributed by atoms with Gasteiger partial charge < -0.3 is 24.9 Å². The second-order valence-electron chi connectivity index (χ2n) is 11.1. The highest BCUT2D eigenvalue weighted by atomic mass is 19.4. The van der Waals surface area contributed by atoms with Crippen molar-refractivity contribution < 1.29 is 36.4 Å². The molecule has 0 bridgehead atoms. The van der Waals surface area contributed by atoms with E-state index in [9.17, 15) is 31.9 Å². The monoisotopic (exact) mass is 651 g/mol. The Labute approximate surface area is 266 Å². The summed E-state index contributed by atoms with van der Waals surface area (Å²) in [4.78, 5) is 50.3. The first-order valence-corrected chi connectivity index (χ1v) is 14.8. The van der Waals surface area contributed by atoms with Crippen LogP contribution < -0.4 is 20.4 Å². The van der Waals surface area contributed by atoms with Crippen molar-refractivity contribution in [3.05, 3.63) is 95.8 Å². The molecule has 2 aromatic carbocycles. The number of carbonyl (C=O) groups is 3. The topological polar surface area (TPSA) is 124 Å². The van der Waals surface area contributed by atoms with Crippen LogP contribution >= 0.6 is 0 Å². The van der Waals surface area contributed by atoms with Crippen molar-refractivity contribution in [2.24, 2.45) is 0 Å². The van der Waals surface area contributed by atoms with Crippen molar-refractivity contribution >= 4 is 41.1 Å². The van der Waals surface area contributed by atoms with Crippen LogP contribution in [0.3, 0.4) is 0 Å². The number of hydrogen-bond acceptors (Lipinski definition) is 8. The molecule has 0 aliphatic carbocycles. The highest BCUT2D eigenvalue weighted by Gasteiger charge is 2.42. The van der Waals surface area contributed by atoms with Crippen LogP contribution in [0.5, 0.6) is 0 Å². The maximum atomic E-state index is 13.9. The Kier molecular flexibility index (Phi) is 8.78. The molecule has 2 aromatic heterocycles. The third-order valence-electron chi connectivity index (χ3n) is 8.04. The first-order valence-electron chi connectivity index (χ1n) is 14.8. The fraction of sp³-hybridized carbons (Fsp3) is 0.281. The fourth-order valence-corrected chi connectivity index (χ4v) is 5.58.